The summed E-state index contributed by atoms with van der Waals surface area (Å²) in [7, 11) is 0. The molecule has 0 unspecified atom stereocenters. The summed E-state index contributed by atoms with van der Waals surface area (Å²) >= 11 is 5.86. The number of carbonyl (C=O) groups excluding carboxylic acids is 1. The molecule has 0 aliphatic heterocycles. The van der Waals surface area contributed by atoms with Crippen molar-refractivity contribution in [2.45, 2.75) is 0 Å². The van der Waals surface area contributed by atoms with E-state index in [0.717, 1.165) is 17.4 Å². The topological polar surface area (TPSA) is 32.9 Å². The Morgan fingerprint density at radius 3 is 2.71 bits per heavy atom. The van der Waals surface area contributed by atoms with E-state index in [4.69, 9.17) is 11.6 Å². The molecule has 0 amide bonds. The highest BCUT2D eigenvalue weighted by atomic mass is 35.5. The van der Waals surface area contributed by atoms with Crippen molar-refractivity contribution in [2.75, 3.05) is 0 Å². The van der Waals surface area contributed by atoms with E-state index in [-0.39, 0.29) is 0 Å². The summed E-state index contributed by atoms with van der Waals surface area (Å²) in [5.74, 6) is 0. The summed E-state index contributed by atoms with van der Waals surface area (Å²) in [6.07, 6.45) is 2.57. The van der Waals surface area contributed by atoms with Crippen LogP contribution in [-0.2, 0) is 0 Å². The van der Waals surface area contributed by atoms with Gasteiger partial charge in [-0.3, -0.25) is 4.79 Å². The van der Waals surface area contributed by atoms with Gasteiger partial charge >= 0.3 is 0 Å². The summed E-state index contributed by atoms with van der Waals surface area (Å²) in [6.45, 7) is 0. The molecular formula is C11H8ClNO. The third-order valence-electron chi connectivity index (χ3n) is 1.99. The lowest BCUT2D eigenvalue weighted by Gasteiger charge is -1.96. The molecular weight excluding hydrogens is 198 g/mol. The minimum absolute atomic E-state index is 0.569. The van der Waals surface area contributed by atoms with Gasteiger partial charge in [-0.15, -0.1) is 0 Å². The van der Waals surface area contributed by atoms with Gasteiger partial charge in [-0.2, -0.15) is 0 Å². The average Bonchev–Trinajstić information content (AvgIpc) is 2.66. The van der Waals surface area contributed by atoms with Gasteiger partial charge in [-0.1, -0.05) is 23.7 Å². The molecule has 0 bridgehead atoms. The predicted octanol–water partition coefficient (Wildman–Crippen LogP) is 3.15. The maximum Gasteiger partial charge on any atom is 0.166 e. The van der Waals surface area contributed by atoms with Crippen LogP contribution in [0, 0.1) is 0 Å². The Hall–Kier alpha value is -1.54. The Morgan fingerprint density at radius 2 is 2.07 bits per heavy atom. The number of rotatable bonds is 2. The molecule has 0 aliphatic rings. The van der Waals surface area contributed by atoms with Crippen molar-refractivity contribution in [3.8, 4) is 11.1 Å². The Bertz CT molecular complexity index is 462. The van der Waals surface area contributed by atoms with Gasteiger partial charge in [0.2, 0.25) is 0 Å². The molecule has 0 atom stereocenters. The standard InChI is InChI=1S/C11H8ClNO/c12-10-3-1-2-8(4-10)9-5-11(7-14)13-6-9/h1-7,13H. The van der Waals surface area contributed by atoms with E-state index in [1.165, 1.54) is 0 Å². The number of aromatic amines is 1. The van der Waals surface area contributed by atoms with Crippen LogP contribution in [0.15, 0.2) is 36.5 Å². The molecule has 0 radical (unpaired) electrons. The zero-order valence-corrected chi connectivity index (χ0v) is 8.08. The summed E-state index contributed by atoms with van der Waals surface area (Å²) in [5, 5.41) is 0.691. The van der Waals surface area contributed by atoms with Crippen molar-refractivity contribution < 1.29 is 4.79 Å². The number of nitrogens with one attached hydrogen (secondary N) is 1. The number of hydrogen-bond donors (Lipinski definition) is 1. The lowest BCUT2D eigenvalue weighted by Crippen LogP contribution is -1.74. The first-order chi connectivity index (χ1) is 6.79. The van der Waals surface area contributed by atoms with Crippen molar-refractivity contribution >= 4 is 17.9 Å². The zero-order valence-electron chi connectivity index (χ0n) is 7.33. The molecule has 0 saturated carbocycles. The van der Waals surface area contributed by atoms with E-state index in [2.05, 4.69) is 4.98 Å². The van der Waals surface area contributed by atoms with Gasteiger partial charge in [0.15, 0.2) is 6.29 Å². The molecule has 1 N–H and O–H groups in total. The number of hydrogen-bond acceptors (Lipinski definition) is 1. The van der Waals surface area contributed by atoms with Crippen LogP contribution in [0.5, 0.6) is 0 Å². The second-order valence-electron chi connectivity index (χ2n) is 2.97. The van der Waals surface area contributed by atoms with Gasteiger partial charge in [-0.05, 0) is 29.3 Å². The highest BCUT2D eigenvalue weighted by Crippen LogP contribution is 2.22. The molecule has 2 rings (SSSR count). The zero-order chi connectivity index (χ0) is 9.97. The van der Waals surface area contributed by atoms with Crippen LogP contribution in [0.3, 0.4) is 0 Å². The van der Waals surface area contributed by atoms with Crippen LogP contribution in [0.25, 0.3) is 11.1 Å². The van der Waals surface area contributed by atoms with E-state index in [9.17, 15) is 4.79 Å². The Labute approximate surface area is 86.5 Å². The van der Waals surface area contributed by atoms with Crippen LogP contribution in [0.4, 0.5) is 0 Å². The number of aldehydes is 1. The molecule has 0 fully saturated rings. The van der Waals surface area contributed by atoms with E-state index in [1.54, 1.807) is 12.3 Å². The largest absolute Gasteiger partial charge is 0.358 e. The molecule has 0 aliphatic carbocycles. The minimum atomic E-state index is 0.569. The summed E-state index contributed by atoms with van der Waals surface area (Å²) in [4.78, 5) is 13.3. The van der Waals surface area contributed by atoms with Gasteiger partial charge < -0.3 is 4.98 Å². The molecule has 1 heterocycles. The molecule has 2 nitrogen and oxygen atoms in total. The summed E-state index contributed by atoms with van der Waals surface area (Å²) in [5.41, 5.74) is 2.54. The fourth-order valence-corrected chi connectivity index (χ4v) is 1.50. The SMILES string of the molecule is O=Cc1cc(-c2cccc(Cl)c2)c[nH]1. The molecule has 0 spiro atoms. The maximum absolute atomic E-state index is 10.5. The summed E-state index contributed by atoms with van der Waals surface area (Å²) < 4.78 is 0. The third kappa shape index (κ3) is 1.70. The van der Waals surface area contributed by atoms with Gasteiger partial charge in [0.25, 0.3) is 0 Å². The number of halogens is 1. The van der Waals surface area contributed by atoms with E-state index < -0.39 is 0 Å². The van der Waals surface area contributed by atoms with Crippen molar-refractivity contribution in [2.24, 2.45) is 0 Å². The van der Waals surface area contributed by atoms with E-state index >= 15 is 0 Å². The average molecular weight is 206 g/mol. The fraction of sp³-hybridized carbons (Fsp3) is 0. The van der Waals surface area contributed by atoms with Gasteiger partial charge in [0.1, 0.15) is 0 Å². The van der Waals surface area contributed by atoms with Gasteiger partial charge in [0, 0.05) is 11.2 Å². The normalized spacial score (nSPS) is 10.1. The molecule has 2 aromatic rings. The van der Waals surface area contributed by atoms with Crippen LogP contribution in [0.1, 0.15) is 10.5 Å². The Kier molecular flexibility index (Phi) is 2.37. The fourth-order valence-electron chi connectivity index (χ4n) is 1.31. The van der Waals surface area contributed by atoms with E-state index in [0.29, 0.717) is 10.7 Å². The molecule has 70 valence electrons. The molecule has 1 aromatic heterocycles. The van der Waals surface area contributed by atoms with Crippen molar-refractivity contribution in [3.05, 3.63) is 47.2 Å². The van der Waals surface area contributed by atoms with Crippen LogP contribution >= 0.6 is 11.6 Å². The van der Waals surface area contributed by atoms with Crippen LogP contribution in [0.2, 0.25) is 5.02 Å². The van der Waals surface area contributed by atoms with Crippen LogP contribution in [-0.4, -0.2) is 11.3 Å². The first-order valence-electron chi connectivity index (χ1n) is 4.19. The highest BCUT2D eigenvalue weighted by molar-refractivity contribution is 6.30. The quantitative estimate of drug-likeness (QED) is 0.751. The van der Waals surface area contributed by atoms with Crippen LogP contribution < -0.4 is 0 Å². The first kappa shape index (κ1) is 9.03. The van der Waals surface area contributed by atoms with Gasteiger partial charge in [0.05, 0.1) is 5.69 Å². The molecule has 0 saturated heterocycles. The Balaban J connectivity index is 2.43. The predicted molar refractivity (Wildman–Crippen MR) is 56.6 cm³/mol. The first-order valence-corrected chi connectivity index (χ1v) is 4.57. The maximum atomic E-state index is 10.5. The number of H-pyrrole nitrogens is 1. The Morgan fingerprint density at radius 1 is 1.21 bits per heavy atom. The molecule has 3 heteroatoms. The lowest BCUT2D eigenvalue weighted by molar-refractivity contribution is 0.111. The highest BCUT2D eigenvalue weighted by Gasteiger charge is 2.01. The molecule has 14 heavy (non-hydrogen) atoms. The summed E-state index contributed by atoms with van der Waals surface area (Å²) in [6, 6.07) is 9.30. The van der Waals surface area contributed by atoms with Crippen molar-refractivity contribution in [1.82, 2.24) is 4.98 Å². The second kappa shape index (κ2) is 3.68. The van der Waals surface area contributed by atoms with E-state index in [1.807, 2.05) is 24.3 Å². The van der Waals surface area contributed by atoms with Crippen molar-refractivity contribution in [3.63, 3.8) is 0 Å². The smallest absolute Gasteiger partial charge is 0.166 e. The minimum Gasteiger partial charge on any atom is -0.358 e. The van der Waals surface area contributed by atoms with Gasteiger partial charge in [-0.25, -0.2) is 0 Å². The lowest BCUT2D eigenvalue weighted by atomic mass is 10.1. The monoisotopic (exact) mass is 205 g/mol. The third-order valence-corrected chi connectivity index (χ3v) is 2.23. The number of carbonyl (C=O) groups is 1. The second-order valence-corrected chi connectivity index (χ2v) is 3.41. The number of aromatic nitrogens is 1. The molecule has 1 aromatic carbocycles. The number of benzene rings is 1. The van der Waals surface area contributed by atoms with Crippen molar-refractivity contribution in [1.29, 1.82) is 0 Å².